The van der Waals surface area contributed by atoms with Crippen LogP contribution in [0.15, 0.2) is 35.1 Å². The molecule has 3 aromatic rings. The number of carboxylic acid groups (broad SMARTS) is 2. The summed E-state index contributed by atoms with van der Waals surface area (Å²) in [5.74, 6) is -3.34. The molecule has 0 spiro atoms. The quantitative estimate of drug-likeness (QED) is 0.174. The number of nitrogens with zero attached hydrogens (tertiary/aromatic N) is 3. The van der Waals surface area contributed by atoms with Crippen molar-refractivity contribution in [3.8, 4) is 11.4 Å². The summed E-state index contributed by atoms with van der Waals surface area (Å²) < 4.78 is 18.1. The van der Waals surface area contributed by atoms with Crippen LogP contribution in [0.5, 0.6) is 0 Å². The Morgan fingerprint density at radius 1 is 1.05 bits per heavy atom. The number of benzene rings is 1. The highest BCUT2D eigenvalue weighted by Crippen LogP contribution is 2.36. The first kappa shape index (κ1) is 31.4. The molecule has 0 radical (unpaired) electrons. The van der Waals surface area contributed by atoms with Crippen LogP contribution < -0.4 is 21.5 Å². The number of H-pyrrole nitrogens is 1. The summed E-state index contributed by atoms with van der Waals surface area (Å²) in [4.78, 5) is 82.8. The number of carbonyl (C=O) groups is 5. The molecule has 1 fully saturated rings. The number of fused-ring (bicyclic) bond motifs is 1. The maximum Gasteiger partial charge on any atom is 0.408 e. The van der Waals surface area contributed by atoms with Crippen LogP contribution >= 0.6 is 0 Å². The Morgan fingerprint density at radius 3 is 2.34 bits per heavy atom. The Hall–Kier alpha value is -5.52. The summed E-state index contributed by atoms with van der Waals surface area (Å²) >= 11 is 0. The molecule has 3 unspecified atom stereocenters. The highest BCUT2D eigenvalue weighted by molar-refractivity contribution is 5.91. The van der Waals surface area contributed by atoms with Crippen LogP contribution in [0.25, 0.3) is 22.6 Å². The summed E-state index contributed by atoms with van der Waals surface area (Å²) in [5.41, 5.74) is -0.157. The van der Waals surface area contributed by atoms with Gasteiger partial charge in [-0.2, -0.15) is 4.98 Å². The van der Waals surface area contributed by atoms with Crippen LogP contribution in [0.1, 0.15) is 26.5 Å². The standard InChI is InChI=1S/C26H29N7O11/c1-12(2)22(38)31-24-30-21-19(23(39)32-24)29-20(13-6-4-3-5-7-13)33(21)16-8-14(44-26(41)28-10-18(36)37)15(43-16)11-42-25(40)27-9-17(34)35/h3-7,12,14-16H,8-11H2,1-2H3,(H,27,40)(H,28,41)(H,34,35)(H,36,37)(H2,30,31,32,38,39). The van der Waals surface area contributed by atoms with E-state index in [0.29, 0.717) is 5.56 Å². The molecule has 234 valence electrons. The Balaban J connectivity index is 1.72. The number of nitrogens with one attached hydrogen (secondary N) is 4. The van der Waals surface area contributed by atoms with E-state index in [1.807, 2.05) is 5.32 Å². The molecule has 0 aliphatic carbocycles. The number of aromatic amines is 1. The number of aromatic nitrogens is 4. The van der Waals surface area contributed by atoms with E-state index < -0.39 is 79.6 Å². The fourth-order valence-corrected chi connectivity index (χ4v) is 4.18. The van der Waals surface area contributed by atoms with E-state index >= 15 is 0 Å². The van der Waals surface area contributed by atoms with Gasteiger partial charge in [-0.3, -0.25) is 34.0 Å². The molecular formula is C26H29N7O11. The van der Waals surface area contributed by atoms with Crippen molar-refractivity contribution >= 4 is 47.1 Å². The van der Waals surface area contributed by atoms with Crippen LogP contribution in [0.2, 0.25) is 0 Å². The second-order valence-electron chi connectivity index (χ2n) is 9.80. The van der Waals surface area contributed by atoms with Crippen molar-refractivity contribution in [3.05, 3.63) is 40.7 Å². The Kier molecular flexibility index (Phi) is 9.74. The predicted molar refractivity (Wildman–Crippen MR) is 148 cm³/mol. The molecule has 3 amide bonds. The number of anilines is 1. The molecule has 3 heterocycles. The van der Waals surface area contributed by atoms with Crippen molar-refractivity contribution in [1.29, 1.82) is 0 Å². The van der Waals surface area contributed by atoms with E-state index in [4.69, 9.17) is 24.4 Å². The first-order chi connectivity index (χ1) is 20.9. The fraction of sp³-hybridized carbons (Fsp3) is 0.385. The minimum Gasteiger partial charge on any atom is -0.480 e. The van der Waals surface area contributed by atoms with Gasteiger partial charge in [-0.15, -0.1) is 0 Å². The molecular weight excluding hydrogens is 586 g/mol. The molecule has 1 aliphatic heterocycles. The molecule has 4 rings (SSSR count). The summed E-state index contributed by atoms with van der Waals surface area (Å²) in [5, 5.41) is 24.3. The van der Waals surface area contributed by atoms with E-state index in [1.165, 1.54) is 4.57 Å². The number of alkyl carbamates (subject to hydrolysis) is 2. The zero-order valence-electron chi connectivity index (χ0n) is 23.4. The zero-order valence-corrected chi connectivity index (χ0v) is 23.4. The van der Waals surface area contributed by atoms with E-state index in [1.54, 1.807) is 44.2 Å². The van der Waals surface area contributed by atoms with E-state index in [-0.39, 0.29) is 29.4 Å². The first-order valence-electron chi connectivity index (χ1n) is 13.3. The number of amides is 3. The molecule has 3 atom stereocenters. The maximum absolute atomic E-state index is 13.1. The molecule has 2 aromatic heterocycles. The van der Waals surface area contributed by atoms with Crippen molar-refractivity contribution in [3.63, 3.8) is 0 Å². The average molecular weight is 616 g/mol. The largest absolute Gasteiger partial charge is 0.480 e. The number of hydrogen-bond acceptors (Lipinski definition) is 11. The molecule has 6 N–H and O–H groups in total. The smallest absolute Gasteiger partial charge is 0.408 e. The second kappa shape index (κ2) is 13.6. The fourth-order valence-electron chi connectivity index (χ4n) is 4.18. The van der Waals surface area contributed by atoms with Crippen molar-refractivity contribution in [2.75, 3.05) is 25.0 Å². The van der Waals surface area contributed by atoms with E-state index in [9.17, 15) is 28.8 Å². The third-order valence-electron chi connectivity index (χ3n) is 6.22. The number of ether oxygens (including phenoxy) is 3. The van der Waals surface area contributed by atoms with Crippen LogP contribution in [0, 0.1) is 5.92 Å². The SMILES string of the molecule is CC(C)C(=O)Nc1nc2c(nc(-c3ccccc3)n2C2CC(OC(=O)NCC(=O)O)C(COC(=O)NCC(=O)O)O2)c(=O)[nH]1. The van der Waals surface area contributed by atoms with Crippen molar-refractivity contribution < 1.29 is 48.4 Å². The number of aliphatic carboxylic acids is 2. The van der Waals surface area contributed by atoms with Gasteiger partial charge in [0.15, 0.2) is 11.2 Å². The molecule has 18 heteroatoms. The number of carbonyl (C=O) groups excluding carboxylic acids is 3. The van der Waals surface area contributed by atoms with Gasteiger partial charge < -0.3 is 35.1 Å². The number of rotatable bonds is 11. The molecule has 0 saturated carbocycles. The Labute approximate surface area is 247 Å². The Morgan fingerprint density at radius 2 is 1.70 bits per heavy atom. The molecule has 0 bridgehead atoms. The summed E-state index contributed by atoms with van der Waals surface area (Å²) in [6, 6.07) is 8.71. The van der Waals surface area contributed by atoms with Crippen LogP contribution in [0.3, 0.4) is 0 Å². The van der Waals surface area contributed by atoms with Gasteiger partial charge in [0.25, 0.3) is 5.56 Å². The normalized spacial score (nSPS) is 17.7. The van der Waals surface area contributed by atoms with Gasteiger partial charge in [0, 0.05) is 17.9 Å². The van der Waals surface area contributed by atoms with Gasteiger partial charge in [-0.05, 0) is 0 Å². The van der Waals surface area contributed by atoms with Gasteiger partial charge in [-0.1, -0.05) is 44.2 Å². The lowest BCUT2D eigenvalue weighted by Crippen LogP contribution is -2.38. The topological polar surface area (TPSA) is 253 Å². The van der Waals surface area contributed by atoms with Crippen molar-refractivity contribution in [2.24, 2.45) is 5.92 Å². The van der Waals surface area contributed by atoms with E-state index in [0.717, 1.165) is 0 Å². The number of imidazole rings is 1. The van der Waals surface area contributed by atoms with Crippen LogP contribution in [0.4, 0.5) is 15.5 Å². The summed E-state index contributed by atoms with van der Waals surface area (Å²) in [6.45, 7) is 1.38. The van der Waals surface area contributed by atoms with Gasteiger partial charge in [0.05, 0.1) is 0 Å². The van der Waals surface area contributed by atoms with Crippen molar-refractivity contribution in [1.82, 2.24) is 30.2 Å². The third-order valence-corrected chi connectivity index (χ3v) is 6.22. The van der Waals surface area contributed by atoms with Gasteiger partial charge in [-0.25, -0.2) is 14.6 Å². The predicted octanol–water partition coefficient (Wildman–Crippen LogP) is 0.659. The second-order valence-corrected chi connectivity index (χ2v) is 9.80. The highest BCUT2D eigenvalue weighted by Gasteiger charge is 2.42. The number of carboxylic acids is 2. The van der Waals surface area contributed by atoms with Crippen molar-refractivity contribution in [2.45, 2.75) is 38.7 Å². The van der Waals surface area contributed by atoms with E-state index in [2.05, 4.69) is 25.6 Å². The molecule has 1 aliphatic rings. The molecule has 18 nitrogen and oxygen atoms in total. The molecule has 1 aromatic carbocycles. The zero-order chi connectivity index (χ0) is 32.0. The highest BCUT2D eigenvalue weighted by atomic mass is 16.6. The number of hydrogen-bond donors (Lipinski definition) is 6. The maximum atomic E-state index is 13.1. The lowest BCUT2D eigenvalue weighted by molar-refractivity contribution is -0.136. The summed E-state index contributed by atoms with van der Waals surface area (Å²) in [6.07, 6.45) is -5.55. The minimum absolute atomic E-state index is 0.0199. The summed E-state index contributed by atoms with van der Waals surface area (Å²) in [7, 11) is 0. The minimum atomic E-state index is -1.31. The van der Waals surface area contributed by atoms with Crippen LogP contribution in [-0.2, 0) is 28.6 Å². The monoisotopic (exact) mass is 615 g/mol. The lowest BCUT2D eigenvalue weighted by Gasteiger charge is -2.19. The van der Waals surface area contributed by atoms with Gasteiger partial charge >= 0.3 is 24.1 Å². The van der Waals surface area contributed by atoms with Crippen LogP contribution in [-0.4, -0.2) is 91.7 Å². The van der Waals surface area contributed by atoms with Gasteiger partial charge in [0.2, 0.25) is 11.9 Å². The molecule has 44 heavy (non-hydrogen) atoms. The molecule has 1 saturated heterocycles. The first-order valence-corrected chi connectivity index (χ1v) is 13.3. The Bertz CT molecular complexity index is 1620. The lowest BCUT2D eigenvalue weighted by atomic mass is 10.1. The van der Waals surface area contributed by atoms with Gasteiger partial charge in [0.1, 0.15) is 44.0 Å². The average Bonchev–Trinajstić information content (AvgIpc) is 3.55. The third kappa shape index (κ3) is 7.65.